The highest BCUT2D eigenvalue weighted by atomic mass is 14.0. The smallest absolute Gasteiger partial charge is 0.0351 e. The molecule has 0 aliphatic heterocycles. The molecule has 0 aliphatic rings. The molecule has 0 saturated carbocycles. The van der Waals surface area contributed by atoms with Gasteiger partial charge in [0.2, 0.25) is 0 Å². The summed E-state index contributed by atoms with van der Waals surface area (Å²) in [5.74, 6) is 0. The Balaban J connectivity index is 3.01. The first-order chi connectivity index (χ1) is 8.41. The monoisotopic (exact) mass is 235 g/mol. The number of hydrogen-bond acceptors (Lipinski definition) is 0. The molecule has 0 N–H and O–H groups in total. The third kappa shape index (κ3) is 15.5. The second kappa shape index (κ2) is 15.5. The molecule has 17 heavy (non-hydrogen) atoms. The van der Waals surface area contributed by atoms with Crippen molar-refractivity contribution in [3.8, 4) is 0 Å². The van der Waals surface area contributed by atoms with Crippen molar-refractivity contribution < 1.29 is 0 Å². The molecule has 0 saturated heterocycles. The normalized spacial score (nSPS) is 11.1. The Kier molecular flexibility index (Phi) is 15.0. The fourth-order valence-electron chi connectivity index (χ4n) is 1.93. The van der Waals surface area contributed by atoms with Crippen LogP contribution in [0, 0.1) is 6.92 Å². The highest BCUT2D eigenvalue weighted by molar-refractivity contribution is 4.81. The number of hydrogen-bond donors (Lipinski definition) is 0. The fourth-order valence-corrected chi connectivity index (χ4v) is 1.93. The van der Waals surface area contributed by atoms with Crippen LogP contribution in [0.5, 0.6) is 0 Å². The Morgan fingerprint density at radius 3 is 1.65 bits per heavy atom. The topological polar surface area (TPSA) is 0 Å². The van der Waals surface area contributed by atoms with Crippen molar-refractivity contribution in [2.24, 2.45) is 0 Å². The summed E-state index contributed by atoms with van der Waals surface area (Å²) in [5, 5.41) is 0. The van der Waals surface area contributed by atoms with E-state index in [0.29, 0.717) is 0 Å². The summed E-state index contributed by atoms with van der Waals surface area (Å²) >= 11 is 0. The van der Waals surface area contributed by atoms with Gasteiger partial charge >= 0.3 is 0 Å². The van der Waals surface area contributed by atoms with E-state index < -0.39 is 0 Å². The first-order valence-electron chi connectivity index (χ1n) is 7.47. The summed E-state index contributed by atoms with van der Waals surface area (Å²) in [6, 6.07) is 0. The molecular formula is C17H31. The van der Waals surface area contributed by atoms with Gasteiger partial charge in [-0.15, -0.1) is 6.58 Å². The van der Waals surface area contributed by atoms with Crippen molar-refractivity contribution in [3.63, 3.8) is 0 Å². The van der Waals surface area contributed by atoms with Gasteiger partial charge < -0.3 is 0 Å². The van der Waals surface area contributed by atoms with Gasteiger partial charge in [-0.25, -0.2) is 0 Å². The summed E-state index contributed by atoms with van der Waals surface area (Å²) < 4.78 is 0. The minimum Gasteiger partial charge on any atom is -0.103 e. The summed E-state index contributed by atoms with van der Waals surface area (Å²) in [4.78, 5) is 0. The predicted molar refractivity (Wildman–Crippen MR) is 80.1 cm³/mol. The Morgan fingerprint density at radius 1 is 0.588 bits per heavy atom. The van der Waals surface area contributed by atoms with Gasteiger partial charge in [-0.2, -0.15) is 0 Å². The van der Waals surface area contributed by atoms with E-state index in [2.05, 4.69) is 25.7 Å². The molecule has 0 unspecified atom stereocenters. The standard InChI is InChI=1S/C17H31/c1-3-5-7-9-11-13-15-17-16-14-12-10-8-6-4-2/h3,13,15H,1-2,4-12,14,16-17H2. The molecular weight excluding hydrogens is 204 g/mol. The molecule has 0 amide bonds. The van der Waals surface area contributed by atoms with Gasteiger partial charge in [0.15, 0.2) is 0 Å². The Hall–Kier alpha value is -0.520. The van der Waals surface area contributed by atoms with E-state index in [1.54, 1.807) is 0 Å². The summed E-state index contributed by atoms with van der Waals surface area (Å²) in [6.07, 6.45) is 22.4. The molecule has 0 aliphatic carbocycles. The highest BCUT2D eigenvalue weighted by Gasteiger charge is 1.89. The second-order valence-electron chi connectivity index (χ2n) is 4.81. The van der Waals surface area contributed by atoms with Gasteiger partial charge in [0.25, 0.3) is 0 Å². The summed E-state index contributed by atoms with van der Waals surface area (Å²) in [7, 11) is 0. The van der Waals surface area contributed by atoms with Gasteiger partial charge in [0.05, 0.1) is 0 Å². The molecule has 0 aromatic heterocycles. The van der Waals surface area contributed by atoms with Gasteiger partial charge in [0.1, 0.15) is 0 Å². The molecule has 0 nitrogen and oxygen atoms in total. The first kappa shape index (κ1) is 16.5. The van der Waals surface area contributed by atoms with E-state index >= 15 is 0 Å². The largest absolute Gasteiger partial charge is 0.103 e. The SMILES string of the molecule is [CH2]CCCCCCCCC=CCCCCC=C. The molecule has 0 rings (SSSR count). The first-order valence-corrected chi connectivity index (χ1v) is 7.47. The molecule has 0 bridgehead atoms. The third-order valence-corrected chi connectivity index (χ3v) is 3.07. The van der Waals surface area contributed by atoms with Crippen LogP contribution in [0.1, 0.15) is 77.0 Å². The van der Waals surface area contributed by atoms with Crippen LogP contribution in [-0.4, -0.2) is 0 Å². The van der Waals surface area contributed by atoms with Crippen LogP contribution in [0.2, 0.25) is 0 Å². The molecule has 0 atom stereocenters. The van der Waals surface area contributed by atoms with E-state index in [-0.39, 0.29) is 0 Å². The van der Waals surface area contributed by atoms with E-state index in [4.69, 9.17) is 0 Å². The Morgan fingerprint density at radius 2 is 1.06 bits per heavy atom. The quantitative estimate of drug-likeness (QED) is 0.262. The van der Waals surface area contributed by atoms with Gasteiger partial charge in [-0.1, -0.05) is 63.7 Å². The van der Waals surface area contributed by atoms with Crippen LogP contribution in [0.4, 0.5) is 0 Å². The van der Waals surface area contributed by atoms with Crippen molar-refractivity contribution in [1.29, 1.82) is 0 Å². The van der Waals surface area contributed by atoms with Crippen LogP contribution >= 0.6 is 0 Å². The predicted octanol–water partition coefficient (Wildman–Crippen LogP) is 6.24. The lowest BCUT2D eigenvalue weighted by Gasteiger charge is -1.98. The van der Waals surface area contributed by atoms with Crippen molar-refractivity contribution in [3.05, 3.63) is 31.7 Å². The van der Waals surface area contributed by atoms with Crippen LogP contribution in [0.3, 0.4) is 0 Å². The molecule has 0 spiro atoms. The molecule has 0 aromatic carbocycles. The van der Waals surface area contributed by atoms with Crippen LogP contribution in [0.15, 0.2) is 24.8 Å². The van der Waals surface area contributed by atoms with Crippen molar-refractivity contribution in [2.45, 2.75) is 77.0 Å². The Bertz CT molecular complexity index is 167. The van der Waals surface area contributed by atoms with Crippen LogP contribution in [-0.2, 0) is 0 Å². The lowest BCUT2D eigenvalue weighted by Crippen LogP contribution is -1.79. The maximum absolute atomic E-state index is 3.87. The second-order valence-corrected chi connectivity index (χ2v) is 4.81. The fraction of sp³-hybridized carbons (Fsp3) is 0.706. The molecule has 0 aromatic rings. The average Bonchev–Trinajstić information content (AvgIpc) is 2.35. The zero-order valence-electron chi connectivity index (χ0n) is 11.6. The van der Waals surface area contributed by atoms with E-state index in [9.17, 15) is 0 Å². The van der Waals surface area contributed by atoms with Gasteiger partial charge in [-0.05, 0) is 38.5 Å². The zero-order chi connectivity index (χ0) is 12.6. The molecule has 99 valence electrons. The lowest BCUT2D eigenvalue weighted by atomic mass is 10.1. The van der Waals surface area contributed by atoms with E-state index in [0.717, 1.165) is 6.42 Å². The number of rotatable bonds is 13. The molecule has 0 fully saturated rings. The molecule has 1 radical (unpaired) electrons. The lowest BCUT2D eigenvalue weighted by molar-refractivity contribution is 0.599. The van der Waals surface area contributed by atoms with Crippen LogP contribution < -0.4 is 0 Å². The van der Waals surface area contributed by atoms with Gasteiger partial charge in [0, 0.05) is 0 Å². The maximum atomic E-state index is 3.87. The minimum absolute atomic E-state index is 1.11. The average molecular weight is 235 g/mol. The van der Waals surface area contributed by atoms with E-state index in [1.165, 1.54) is 70.6 Å². The highest BCUT2D eigenvalue weighted by Crippen LogP contribution is 2.09. The molecule has 0 heteroatoms. The van der Waals surface area contributed by atoms with Crippen molar-refractivity contribution >= 4 is 0 Å². The maximum Gasteiger partial charge on any atom is -0.0351 e. The Labute approximate surface area is 109 Å². The third-order valence-electron chi connectivity index (χ3n) is 3.07. The van der Waals surface area contributed by atoms with Gasteiger partial charge in [-0.3, -0.25) is 0 Å². The zero-order valence-corrected chi connectivity index (χ0v) is 11.6. The summed E-state index contributed by atoms with van der Waals surface area (Å²) in [5.41, 5.74) is 0. The number of allylic oxidation sites excluding steroid dienone is 3. The minimum atomic E-state index is 1.11. The summed E-state index contributed by atoms with van der Waals surface area (Å²) in [6.45, 7) is 7.60. The number of unbranched alkanes of at least 4 members (excludes halogenated alkanes) is 10. The van der Waals surface area contributed by atoms with Crippen LogP contribution in [0.25, 0.3) is 0 Å². The molecule has 0 heterocycles. The van der Waals surface area contributed by atoms with Crippen molar-refractivity contribution in [1.82, 2.24) is 0 Å². The van der Waals surface area contributed by atoms with E-state index in [1.807, 2.05) is 6.08 Å². The van der Waals surface area contributed by atoms with Crippen molar-refractivity contribution in [2.75, 3.05) is 0 Å².